The molecule has 2 aromatic rings. The van der Waals surface area contributed by atoms with Gasteiger partial charge in [0.05, 0.1) is 12.3 Å². The molecule has 4 heteroatoms. The quantitative estimate of drug-likeness (QED) is 0.835. The second kappa shape index (κ2) is 6.75. The van der Waals surface area contributed by atoms with Crippen molar-refractivity contribution in [3.8, 4) is 11.5 Å². The van der Waals surface area contributed by atoms with Crippen LogP contribution in [0.25, 0.3) is 0 Å². The van der Waals surface area contributed by atoms with Crippen LogP contribution in [-0.2, 0) is 13.1 Å². The third kappa shape index (κ3) is 3.69. The van der Waals surface area contributed by atoms with E-state index < -0.39 is 0 Å². The van der Waals surface area contributed by atoms with E-state index in [4.69, 9.17) is 4.74 Å². The summed E-state index contributed by atoms with van der Waals surface area (Å²) in [7, 11) is 0. The number of ether oxygens (including phenoxy) is 1. The summed E-state index contributed by atoms with van der Waals surface area (Å²) < 4.78 is 5.35. The van der Waals surface area contributed by atoms with E-state index in [2.05, 4.69) is 10.3 Å². The summed E-state index contributed by atoms with van der Waals surface area (Å²) in [6.07, 6.45) is 1.77. The number of hydrogen-bond acceptors (Lipinski definition) is 4. The van der Waals surface area contributed by atoms with Crippen molar-refractivity contribution in [1.29, 1.82) is 0 Å². The normalized spacial score (nSPS) is 10.4. The molecule has 4 nitrogen and oxygen atoms in total. The van der Waals surface area contributed by atoms with Crippen LogP contribution in [-0.4, -0.2) is 16.7 Å². The molecule has 0 atom stereocenters. The van der Waals surface area contributed by atoms with E-state index in [0.717, 1.165) is 11.3 Å². The number of rotatable bonds is 6. The predicted molar refractivity (Wildman–Crippen MR) is 74.1 cm³/mol. The number of phenols is 1. The molecule has 2 rings (SSSR count). The van der Waals surface area contributed by atoms with Gasteiger partial charge in [-0.25, -0.2) is 0 Å². The number of aromatic nitrogens is 1. The first-order valence-corrected chi connectivity index (χ1v) is 6.35. The average molecular weight is 258 g/mol. The zero-order chi connectivity index (χ0) is 13.5. The molecule has 1 aromatic heterocycles. The standard InChI is InChI=1S/C15H18N2O2/c1-2-19-14-8-5-6-12(15(14)18)10-16-11-13-7-3-4-9-17-13/h3-9,16,18H,2,10-11H2,1H3. The lowest BCUT2D eigenvalue weighted by Gasteiger charge is -2.10. The van der Waals surface area contributed by atoms with Gasteiger partial charge in [-0.05, 0) is 25.1 Å². The molecule has 1 aromatic carbocycles. The molecule has 0 aliphatic heterocycles. The third-order valence-corrected chi connectivity index (χ3v) is 2.73. The molecule has 19 heavy (non-hydrogen) atoms. The second-order valence-electron chi connectivity index (χ2n) is 4.12. The van der Waals surface area contributed by atoms with Crippen LogP contribution in [0.5, 0.6) is 11.5 Å². The highest BCUT2D eigenvalue weighted by Gasteiger charge is 2.07. The fourth-order valence-corrected chi connectivity index (χ4v) is 1.81. The van der Waals surface area contributed by atoms with E-state index >= 15 is 0 Å². The first-order chi connectivity index (χ1) is 9.31. The lowest BCUT2D eigenvalue weighted by atomic mass is 10.2. The number of nitrogens with zero attached hydrogens (tertiary/aromatic N) is 1. The molecule has 0 unspecified atom stereocenters. The summed E-state index contributed by atoms with van der Waals surface area (Å²) in [5.74, 6) is 0.734. The third-order valence-electron chi connectivity index (χ3n) is 2.73. The molecule has 0 spiro atoms. The molecule has 100 valence electrons. The summed E-state index contributed by atoms with van der Waals surface area (Å²) in [6, 6.07) is 11.3. The Morgan fingerprint density at radius 2 is 2.05 bits per heavy atom. The molecule has 0 aliphatic rings. The summed E-state index contributed by atoms with van der Waals surface area (Å²) in [4.78, 5) is 4.23. The molecule has 0 amide bonds. The van der Waals surface area contributed by atoms with Gasteiger partial charge in [0.25, 0.3) is 0 Å². The van der Waals surface area contributed by atoms with E-state index in [-0.39, 0.29) is 5.75 Å². The van der Waals surface area contributed by atoms with Gasteiger partial charge in [0.15, 0.2) is 11.5 Å². The number of hydrogen-bond donors (Lipinski definition) is 2. The lowest BCUT2D eigenvalue weighted by Crippen LogP contribution is -2.13. The van der Waals surface area contributed by atoms with Gasteiger partial charge in [0.2, 0.25) is 0 Å². The maximum absolute atomic E-state index is 10.0. The van der Waals surface area contributed by atoms with Crippen LogP contribution in [0.4, 0.5) is 0 Å². The van der Waals surface area contributed by atoms with Crippen LogP contribution < -0.4 is 10.1 Å². The second-order valence-corrected chi connectivity index (χ2v) is 4.12. The Kier molecular flexibility index (Phi) is 4.75. The van der Waals surface area contributed by atoms with Gasteiger partial charge in [-0.1, -0.05) is 18.2 Å². The summed E-state index contributed by atoms with van der Waals surface area (Å²) in [5, 5.41) is 13.3. The SMILES string of the molecule is CCOc1cccc(CNCc2ccccn2)c1O. The number of pyridine rings is 1. The van der Waals surface area contributed by atoms with Gasteiger partial charge >= 0.3 is 0 Å². The Labute approximate surface area is 113 Å². The van der Waals surface area contributed by atoms with Crippen LogP contribution in [0, 0.1) is 0 Å². The monoisotopic (exact) mass is 258 g/mol. The Hall–Kier alpha value is -2.07. The number of benzene rings is 1. The first-order valence-electron chi connectivity index (χ1n) is 6.35. The zero-order valence-electron chi connectivity index (χ0n) is 11.0. The smallest absolute Gasteiger partial charge is 0.162 e. The molecule has 0 aliphatic carbocycles. The van der Waals surface area contributed by atoms with Crippen molar-refractivity contribution in [2.75, 3.05) is 6.61 Å². The van der Waals surface area contributed by atoms with Crippen molar-refractivity contribution >= 4 is 0 Å². The van der Waals surface area contributed by atoms with Crippen LogP contribution in [0.2, 0.25) is 0 Å². The topological polar surface area (TPSA) is 54.4 Å². The maximum Gasteiger partial charge on any atom is 0.162 e. The van der Waals surface area contributed by atoms with Crippen LogP contribution in [0.1, 0.15) is 18.2 Å². The van der Waals surface area contributed by atoms with Crippen molar-refractivity contribution < 1.29 is 9.84 Å². The van der Waals surface area contributed by atoms with Crippen molar-refractivity contribution in [3.05, 3.63) is 53.9 Å². The van der Waals surface area contributed by atoms with Crippen molar-refractivity contribution in [3.63, 3.8) is 0 Å². The van der Waals surface area contributed by atoms with Gasteiger partial charge in [-0.3, -0.25) is 4.98 Å². The van der Waals surface area contributed by atoms with Crippen molar-refractivity contribution in [2.45, 2.75) is 20.0 Å². The number of para-hydroxylation sites is 1. The van der Waals surface area contributed by atoms with E-state index in [1.807, 2.05) is 37.3 Å². The van der Waals surface area contributed by atoms with E-state index in [1.165, 1.54) is 0 Å². The Balaban J connectivity index is 1.94. The molecule has 0 bridgehead atoms. The minimum Gasteiger partial charge on any atom is -0.504 e. The molecular formula is C15H18N2O2. The molecule has 1 heterocycles. The lowest BCUT2D eigenvalue weighted by molar-refractivity contribution is 0.316. The van der Waals surface area contributed by atoms with Gasteiger partial charge in [-0.2, -0.15) is 0 Å². The average Bonchev–Trinajstić information content (AvgIpc) is 2.44. The molecule has 0 fully saturated rings. The summed E-state index contributed by atoms with van der Waals surface area (Å²) in [6.45, 7) is 3.67. The zero-order valence-corrected chi connectivity index (χ0v) is 11.0. The van der Waals surface area contributed by atoms with Gasteiger partial charge in [0.1, 0.15) is 0 Å². The first kappa shape index (κ1) is 13.4. The van der Waals surface area contributed by atoms with Crippen LogP contribution >= 0.6 is 0 Å². The van der Waals surface area contributed by atoms with Crippen LogP contribution in [0.3, 0.4) is 0 Å². The Morgan fingerprint density at radius 1 is 1.16 bits per heavy atom. The van der Waals surface area contributed by atoms with Crippen LogP contribution in [0.15, 0.2) is 42.6 Å². The molecule has 2 N–H and O–H groups in total. The fourth-order valence-electron chi connectivity index (χ4n) is 1.81. The highest BCUT2D eigenvalue weighted by molar-refractivity contribution is 5.45. The fraction of sp³-hybridized carbons (Fsp3) is 0.267. The maximum atomic E-state index is 10.0. The summed E-state index contributed by atoms with van der Waals surface area (Å²) >= 11 is 0. The number of aromatic hydroxyl groups is 1. The molecule has 0 radical (unpaired) electrons. The highest BCUT2D eigenvalue weighted by atomic mass is 16.5. The minimum atomic E-state index is 0.206. The van der Waals surface area contributed by atoms with Crippen molar-refractivity contribution in [1.82, 2.24) is 10.3 Å². The largest absolute Gasteiger partial charge is 0.504 e. The number of nitrogens with one attached hydrogen (secondary N) is 1. The van der Waals surface area contributed by atoms with Gasteiger partial charge in [0, 0.05) is 24.8 Å². The van der Waals surface area contributed by atoms with Crippen molar-refractivity contribution in [2.24, 2.45) is 0 Å². The van der Waals surface area contributed by atoms with E-state index in [1.54, 1.807) is 12.3 Å². The molecular weight excluding hydrogens is 240 g/mol. The van der Waals surface area contributed by atoms with E-state index in [9.17, 15) is 5.11 Å². The number of phenolic OH excluding ortho intramolecular Hbond substituents is 1. The van der Waals surface area contributed by atoms with Gasteiger partial charge < -0.3 is 15.2 Å². The molecule has 0 saturated heterocycles. The Bertz CT molecular complexity index is 515. The van der Waals surface area contributed by atoms with E-state index in [0.29, 0.717) is 25.4 Å². The minimum absolute atomic E-state index is 0.206. The van der Waals surface area contributed by atoms with Gasteiger partial charge in [-0.15, -0.1) is 0 Å². The Morgan fingerprint density at radius 3 is 2.79 bits per heavy atom. The summed E-state index contributed by atoms with van der Waals surface area (Å²) in [5.41, 5.74) is 1.80. The molecule has 0 saturated carbocycles. The highest BCUT2D eigenvalue weighted by Crippen LogP contribution is 2.29. The predicted octanol–water partition coefficient (Wildman–Crippen LogP) is 2.48.